The molecule has 0 radical (unpaired) electrons. The molecule has 2 N–H and O–H groups in total. The van der Waals surface area contributed by atoms with Crippen molar-refractivity contribution in [2.75, 3.05) is 20.7 Å². The van der Waals surface area contributed by atoms with Gasteiger partial charge in [0.05, 0.1) is 11.5 Å². The van der Waals surface area contributed by atoms with E-state index < -0.39 is 11.0 Å². The molecule has 0 aliphatic carbocycles. The first-order valence-electron chi connectivity index (χ1n) is 7.98. The Kier molecular flexibility index (Phi) is 6.51. The van der Waals surface area contributed by atoms with Crippen molar-refractivity contribution in [2.24, 2.45) is 5.73 Å². The minimum atomic E-state index is -0.459. The molecule has 0 heterocycles. The Morgan fingerprint density at radius 2 is 1.69 bits per heavy atom. The highest BCUT2D eigenvalue weighted by molar-refractivity contribution is 5.69. The second-order valence-electron chi connectivity index (χ2n) is 5.83. The van der Waals surface area contributed by atoms with Gasteiger partial charge in [0.2, 0.25) is 0 Å². The molecule has 0 bridgehead atoms. The Bertz CT molecular complexity index is 744. The Morgan fingerprint density at radius 3 is 2.23 bits per heavy atom. The molecule has 2 aromatic rings. The van der Waals surface area contributed by atoms with Gasteiger partial charge in [-0.15, -0.1) is 0 Å². The van der Waals surface area contributed by atoms with Crippen LogP contribution in [0.5, 0.6) is 11.5 Å². The van der Waals surface area contributed by atoms with Crippen LogP contribution in [0, 0.1) is 10.1 Å². The highest BCUT2D eigenvalue weighted by Crippen LogP contribution is 2.21. The molecule has 2 aromatic carbocycles. The molecule has 8 heteroatoms. The Morgan fingerprint density at radius 1 is 1.12 bits per heavy atom. The van der Waals surface area contributed by atoms with Gasteiger partial charge in [0.25, 0.3) is 5.69 Å². The summed E-state index contributed by atoms with van der Waals surface area (Å²) in [5.41, 5.74) is 7.05. The number of hydrogen-bond donors (Lipinski definition) is 1. The van der Waals surface area contributed by atoms with Crippen molar-refractivity contribution in [3.05, 3.63) is 64.2 Å². The van der Waals surface area contributed by atoms with Gasteiger partial charge >= 0.3 is 6.09 Å². The fourth-order valence-electron chi connectivity index (χ4n) is 2.11. The molecule has 138 valence electrons. The molecule has 0 unspecified atom stereocenters. The second kappa shape index (κ2) is 8.82. The normalized spacial score (nSPS) is 11.5. The Hall–Kier alpha value is -3.13. The lowest BCUT2D eigenvalue weighted by molar-refractivity contribution is -0.384. The maximum atomic E-state index is 11.5. The van der Waals surface area contributed by atoms with Crippen LogP contribution in [0.1, 0.15) is 18.0 Å². The van der Waals surface area contributed by atoms with Crippen molar-refractivity contribution in [3.8, 4) is 11.5 Å². The number of nitro benzene ring substituents is 1. The summed E-state index contributed by atoms with van der Waals surface area (Å²) in [6.07, 6.45) is 0.118. The number of amides is 1. The summed E-state index contributed by atoms with van der Waals surface area (Å²) >= 11 is 0. The van der Waals surface area contributed by atoms with Crippen LogP contribution >= 0.6 is 0 Å². The summed E-state index contributed by atoms with van der Waals surface area (Å²) in [4.78, 5) is 23.0. The molecule has 0 spiro atoms. The Labute approximate surface area is 151 Å². The smallest absolute Gasteiger partial charge is 0.414 e. The van der Waals surface area contributed by atoms with E-state index in [0.29, 0.717) is 24.5 Å². The fraction of sp³-hybridized carbons (Fsp3) is 0.278. The van der Waals surface area contributed by atoms with Gasteiger partial charge in [-0.3, -0.25) is 10.1 Å². The van der Waals surface area contributed by atoms with Crippen LogP contribution in [0.2, 0.25) is 0 Å². The average Bonchev–Trinajstić information content (AvgIpc) is 2.62. The molecule has 26 heavy (non-hydrogen) atoms. The first-order valence-corrected chi connectivity index (χ1v) is 7.98. The first-order chi connectivity index (χ1) is 12.4. The summed E-state index contributed by atoms with van der Waals surface area (Å²) < 4.78 is 10.7. The van der Waals surface area contributed by atoms with Gasteiger partial charge < -0.3 is 20.1 Å². The van der Waals surface area contributed by atoms with Crippen LogP contribution in [0.4, 0.5) is 10.5 Å². The lowest BCUT2D eigenvalue weighted by Gasteiger charge is -2.14. The minimum absolute atomic E-state index is 0.0177. The Balaban J connectivity index is 1.82. The van der Waals surface area contributed by atoms with Crippen molar-refractivity contribution in [2.45, 2.75) is 12.5 Å². The van der Waals surface area contributed by atoms with Gasteiger partial charge in [-0.1, -0.05) is 12.1 Å². The van der Waals surface area contributed by atoms with Crippen LogP contribution in [0.15, 0.2) is 48.5 Å². The summed E-state index contributed by atoms with van der Waals surface area (Å²) in [5.74, 6) is 0.996. The average molecular weight is 359 g/mol. The van der Waals surface area contributed by atoms with Crippen molar-refractivity contribution >= 4 is 11.8 Å². The number of hydrogen-bond acceptors (Lipinski definition) is 6. The molecule has 1 amide bonds. The monoisotopic (exact) mass is 359 g/mol. The van der Waals surface area contributed by atoms with E-state index in [4.69, 9.17) is 15.2 Å². The van der Waals surface area contributed by atoms with Gasteiger partial charge in [0.1, 0.15) is 11.5 Å². The van der Waals surface area contributed by atoms with E-state index in [9.17, 15) is 14.9 Å². The van der Waals surface area contributed by atoms with E-state index in [0.717, 1.165) is 5.56 Å². The molecule has 0 aliphatic rings. The van der Waals surface area contributed by atoms with E-state index >= 15 is 0 Å². The quantitative estimate of drug-likeness (QED) is 0.601. The SMILES string of the molecule is CN(C)C(=O)Oc1ccc([C@H](N)CCOc2ccc([N+](=O)[O-])cc2)cc1. The highest BCUT2D eigenvalue weighted by atomic mass is 16.6. The van der Waals surface area contributed by atoms with Gasteiger partial charge in [0.15, 0.2) is 0 Å². The van der Waals surface area contributed by atoms with Crippen LogP contribution in [-0.4, -0.2) is 36.6 Å². The molecule has 0 fully saturated rings. The van der Waals surface area contributed by atoms with E-state index in [1.54, 1.807) is 50.5 Å². The number of ether oxygens (including phenoxy) is 2. The maximum absolute atomic E-state index is 11.5. The number of carbonyl (C=O) groups is 1. The van der Waals surface area contributed by atoms with Crippen LogP contribution in [0.25, 0.3) is 0 Å². The molecule has 0 saturated heterocycles. The molecular formula is C18H21N3O5. The number of nitrogens with two attached hydrogens (primary N) is 1. The summed E-state index contributed by atoms with van der Waals surface area (Å²) in [6.45, 7) is 0.371. The number of benzene rings is 2. The standard InChI is InChI=1S/C18H21N3O5/c1-20(2)18(22)26-16-7-3-13(4-8-16)17(19)11-12-25-15-9-5-14(6-10-15)21(23)24/h3-10,17H,11-12,19H2,1-2H3/t17-/m1/s1. The van der Waals surface area contributed by atoms with E-state index in [2.05, 4.69) is 0 Å². The number of rotatable bonds is 7. The van der Waals surface area contributed by atoms with Crippen molar-refractivity contribution in [1.82, 2.24) is 4.90 Å². The zero-order valence-corrected chi connectivity index (χ0v) is 14.6. The van der Waals surface area contributed by atoms with E-state index in [1.165, 1.54) is 17.0 Å². The predicted molar refractivity (Wildman–Crippen MR) is 96.3 cm³/mol. The topological polar surface area (TPSA) is 108 Å². The predicted octanol–water partition coefficient (Wildman–Crippen LogP) is 3.12. The molecule has 2 rings (SSSR count). The molecular weight excluding hydrogens is 338 g/mol. The maximum Gasteiger partial charge on any atom is 0.414 e. The summed E-state index contributed by atoms with van der Waals surface area (Å²) in [6, 6.07) is 12.6. The number of nitro groups is 1. The summed E-state index contributed by atoms with van der Waals surface area (Å²) in [5, 5.41) is 10.6. The number of non-ortho nitro benzene ring substituents is 1. The number of carbonyl (C=O) groups excluding carboxylic acids is 1. The molecule has 0 aliphatic heterocycles. The van der Waals surface area contributed by atoms with Crippen molar-refractivity contribution in [1.29, 1.82) is 0 Å². The minimum Gasteiger partial charge on any atom is -0.494 e. The highest BCUT2D eigenvalue weighted by Gasteiger charge is 2.10. The fourth-order valence-corrected chi connectivity index (χ4v) is 2.11. The first kappa shape index (κ1) is 19.2. The largest absolute Gasteiger partial charge is 0.494 e. The van der Waals surface area contributed by atoms with Crippen LogP contribution in [-0.2, 0) is 0 Å². The molecule has 0 aromatic heterocycles. The number of nitrogens with zero attached hydrogens (tertiary/aromatic N) is 2. The van der Waals surface area contributed by atoms with E-state index in [1.807, 2.05) is 0 Å². The lowest BCUT2D eigenvalue weighted by Crippen LogP contribution is -2.25. The van der Waals surface area contributed by atoms with Crippen LogP contribution in [0.3, 0.4) is 0 Å². The third-order valence-corrected chi connectivity index (χ3v) is 3.62. The molecule has 1 atom stereocenters. The van der Waals surface area contributed by atoms with E-state index in [-0.39, 0.29) is 11.7 Å². The van der Waals surface area contributed by atoms with Gasteiger partial charge in [-0.05, 0) is 29.8 Å². The van der Waals surface area contributed by atoms with Crippen molar-refractivity contribution in [3.63, 3.8) is 0 Å². The van der Waals surface area contributed by atoms with Crippen LogP contribution < -0.4 is 15.2 Å². The van der Waals surface area contributed by atoms with Gasteiger partial charge in [-0.25, -0.2) is 4.79 Å². The lowest BCUT2D eigenvalue weighted by atomic mass is 10.1. The molecule has 8 nitrogen and oxygen atoms in total. The summed E-state index contributed by atoms with van der Waals surface area (Å²) in [7, 11) is 3.22. The van der Waals surface area contributed by atoms with Gasteiger partial charge in [0, 0.05) is 38.7 Å². The third-order valence-electron chi connectivity index (χ3n) is 3.62. The molecule has 0 saturated carbocycles. The van der Waals surface area contributed by atoms with Gasteiger partial charge in [-0.2, -0.15) is 0 Å². The zero-order valence-electron chi connectivity index (χ0n) is 14.6. The third kappa shape index (κ3) is 5.45. The second-order valence-corrected chi connectivity index (χ2v) is 5.83. The van der Waals surface area contributed by atoms with Crippen molar-refractivity contribution < 1.29 is 19.2 Å². The zero-order chi connectivity index (χ0) is 19.1.